The topological polar surface area (TPSA) is 74.8 Å². The largest absolute Gasteiger partial charge is 0.312 e. The first-order chi connectivity index (χ1) is 11.1. The number of nitrogens with one attached hydrogen (secondary N) is 2. The van der Waals surface area contributed by atoms with Crippen LogP contribution in [0.3, 0.4) is 0 Å². The zero-order valence-electron chi connectivity index (χ0n) is 12.0. The van der Waals surface area contributed by atoms with E-state index in [9.17, 15) is 9.59 Å². The van der Waals surface area contributed by atoms with E-state index in [1.807, 2.05) is 36.4 Å². The average molecular weight is 341 g/mol. The molecule has 23 heavy (non-hydrogen) atoms. The van der Waals surface area contributed by atoms with Crippen molar-refractivity contribution in [2.24, 2.45) is 0 Å². The molecule has 0 aliphatic carbocycles. The van der Waals surface area contributed by atoms with E-state index in [4.69, 9.17) is 0 Å². The smallest absolute Gasteiger partial charge is 0.305 e. The molecule has 0 aliphatic heterocycles. The Morgan fingerprint density at radius 2 is 2.04 bits per heavy atom. The number of aromatic amines is 1. The Hall–Kier alpha value is -2.51. The maximum Gasteiger partial charge on any atom is 0.305 e. The van der Waals surface area contributed by atoms with Gasteiger partial charge in [0.2, 0.25) is 5.91 Å². The number of fused-ring (bicyclic) bond motifs is 2. The van der Waals surface area contributed by atoms with Gasteiger partial charge in [0.25, 0.3) is 0 Å². The zero-order valence-corrected chi connectivity index (χ0v) is 13.7. The lowest BCUT2D eigenvalue weighted by molar-refractivity contribution is -0.114. The van der Waals surface area contributed by atoms with Gasteiger partial charge in [-0.2, -0.15) is 0 Å². The Bertz CT molecular complexity index is 1110. The van der Waals surface area contributed by atoms with E-state index in [0.29, 0.717) is 5.13 Å². The van der Waals surface area contributed by atoms with Crippen LogP contribution in [0.4, 0.5) is 5.13 Å². The van der Waals surface area contributed by atoms with Crippen molar-refractivity contribution in [3.05, 3.63) is 46.1 Å². The number of H-pyrrole nitrogens is 1. The number of carbonyl (C=O) groups excluding carboxylic acids is 1. The standard InChI is InChI=1S/C16H11N3O2S2/c1-8(20)17-15-18-11-6-5-9(7-13(11)22-15)10-3-2-4-12-14(10)19-16(21)23-12/h2-7H,1H3,(H,19,21)(H,17,18,20). The third-order valence-electron chi connectivity index (χ3n) is 3.44. The third-order valence-corrected chi connectivity index (χ3v) is 5.22. The average Bonchev–Trinajstić information content (AvgIpc) is 3.06. The number of anilines is 1. The minimum Gasteiger partial charge on any atom is -0.312 e. The van der Waals surface area contributed by atoms with Crippen molar-refractivity contribution < 1.29 is 4.79 Å². The Morgan fingerprint density at radius 3 is 2.87 bits per heavy atom. The SMILES string of the molecule is CC(=O)Nc1nc2ccc(-c3cccc4sc(=O)[nH]c34)cc2s1. The van der Waals surface area contributed by atoms with Crippen molar-refractivity contribution >= 4 is 54.1 Å². The van der Waals surface area contributed by atoms with Crippen LogP contribution in [0.25, 0.3) is 31.6 Å². The van der Waals surface area contributed by atoms with Crippen LogP contribution < -0.4 is 10.2 Å². The minimum absolute atomic E-state index is 0.0562. The van der Waals surface area contributed by atoms with E-state index in [2.05, 4.69) is 15.3 Å². The summed E-state index contributed by atoms with van der Waals surface area (Å²) >= 11 is 2.64. The van der Waals surface area contributed by atoms with E-state index >= 15 is 0 Å². The number of aromatic nitrogens is 2. The second-order valence-electron chi connectivity index (χ2n) is 5.08. The quantitative estimate of drug-likeness (QED) is 0.582. The molecule has 114 valence electrons. The van der Waals surface area contributed by atoms with Crippen LogP contribution in [-0.4, -0.2) is 15.9 Å². The van der Waals surface area contributed by atoms with Crippen LogP contribution in [0.5, 0.6) is 0 Å². The van der Waals surface area contributed by atoms with Crippen molar-refractivity contribution in [1.82, 2.24) is 9.97 Å². The number of rotatable bonds is 2. The molecule has 2 aromatic carbocycles. The lowest BCUT2D eigenvalue weighted by Gasteiger charge is -2.03. The summed E-state index contributed by atoms with van der Waals surface area (Å²) in [5.74, 6) is -0.134. The molecule has 0 atom stereocenters. The van der Waals surface area contributed by atoms with Crippen LogP contribution in [0.1, 0.15) is 6.92 Å². The summed E-state index contributed by atoms with van der Waals surface area (Å²) in [6.07, 6.45) is 0. The second-order valence-corrected chi connectivity index (χ2v) is 7.12. The van der Waals surface area contributed by atoms with Crippen LogP contribution in [0, 0.1) is 0 Å². The van der Waals surface area contributed by atoms with Crippen molar-refractivity contribution in [3.8, 4) is 11.1 Å². The van der Waals surface area contributed by atoms with E-state index in [-0.39, 0.29) is 10.8 Å². The summed E-state index contributed by atoms with van der Waals surface area (Å²) in [4.78, 5) is 30.0. The maximum atomic E-state index is 11.6. The number of nitrogens with zero attached hydrogens (tertiary/aromatic N) is 1. The molecule has 4 aromatic rings. The predicted molar refractivity (Wildman–Crippen MR) is 95.4 cm³/mol. The zero-order chi connectivity index (χ0) is 16.0. The van der Waals surface area contributed by atoms with Gasteiger partial charge < -0.3 is 10.3 Å². The van der Waals surface area contributed by atoms with Gasteiger partial charge in [0, 0.05) is 12.5 Å². The first kappa shape index (κ1) is 14.1. The number of benzene rings is 2. The van der Waals surface area contributed by atoms with Gasteiger partial charge in [-0.05, 0) is 23.8 Å². The summed E-state index contributed by atoms with van der Waals surface area (Å²) in [5.41, 5.74) is 3.69. The summed E-state index contributed by atoms with van der Waals surface area (Å²) in [5, 5.41) is 3.30. The number of para-hydroxylation sites is 1. The Balaban J connectivity index is 1.87. The molecular formula is C16H11N3O2S2. The second kappa shape index (κ2) is 5.29. The molecule has 0 saturated carbocycles. The summed E-state index contributed by atoms with van der Waals surface area (Å²) < 4.78 is 1.93. The molecule has 2 heterocycles. The number of amides is 1. The van der Waals surface area contributed by atoms with Gasteiger partial charge in [-0.1, -0.05) is 40.9 Å². The van der Waals surface area contributed by atoms with E-state index < -0.39 is 0 Å². The van der Waals surface area contributed by atoms with Gasteiger partial charge in [-0.25, -0.2) is 4.98 Å². The van der Waals surface area contributed by atoms with Crippen LogP contribution in [0.15, 0.2) is 41.2 Å². The first-order valence-electron chi connectivity index (χ1n) is 6.90. The minimum atomic E-state index is -0.134. The molecule has 0 radical (unpaired) electrons. The lowest BCUT2D eigenvalue weighted by Crippen LogP contribution is -2.04. The fourth-order valence-corrected chi connectivity index (χ4v) is 4.22. The fraction of sp³-hybridized carbons (Fsp3) is 0.0625. The highest BCUT2D eigenvalue weighted by atomic mass is 32.1. The predicted octanol–water partition coefficient (Wildman–Crippen LogP) is 3.82. The Labute approximate surface area is 138 Å². The van der Waals surface area contributed by atoms with E-state index in [1.165, 1.54) is 29.6 Å². The van der Waals surface area contributed by atoms with E-state index in [0.717, 1.165) is 31.6 Å². The molecule has 4 rings (SSSR count). The van der Waals surface area contributed by atoms with Gasteiger partial charge in [0.15, 0.2) is 5.13 Å². The molecule has 0 aliphatic rings. The van der Waals surface area contributed by atoms with Crippen LogP contribution in [0.2, 0.25) is 0 Å². The molecule has 0 bridgehead atoms. The fourth-order valence-electron chi connectivity index (χ4n) is 2.51. The van der Waals surface area contributed by atoms with Crippen molar-refractivity contribution in [3.63, 3.8) is 0 Å². The molecular weight excluding hydrogens is 330 g/mol. The summed E-state index contributed by atoms with van der Waals surface area (Å²) in [7, 11) is 0. The first-order valence-corrected chi connectivity index (χ1v) is 8.54. The molecule has 1 amide bonds. The highest BCUT2D eigenvalue weighted by Crippen LogP contribution is 2.33. The maximum absolute atomic E-state index is 11.6. The highest BCUT2D eigenvalue weighted by molar-refractivity contribution is 7.22. The Kier molecular flexibility index (Phi) is 3.24. The molecule has 7 heteroatoms. The number of hydrogen-bond acceptors (Lipinski definition) is 5. The lowest BCUT2D eigenvalue weighted by atomic mass is 10.0. The molecule has 0 fully saturated rings. The number of carbonyl (C=O) groups is 1. The molecule has 5 nitrogen and oxygen atoms in total. The molecule has 0 saturated heterocycles. The number of thiazole rings is 2. The van der Waals surface area contributed by atoms with Crippen LogP contribution >= 0.6 is 22.7 Å². The van der Waals surface area contributed by atoms with Gasteiger partial charge in [-0.15, -0.1) is 0 Å². The van der Waals surface area contributed by atoms with Crippen molar-refractivity contribution in [1.29, 1.82) is 0 Å². The van der Waals surface area contributed by atoms with Gasteiger partial charge >= 0.3 is 4.87 Å². The van der Waals surface area contributed by atoms with Crippen LogP contribution in [-0.2, 0) is 4.79 Å². The monoisotopic (exact) mass is 341 g/mol. The molecule has 0 unspecified atom stereocenters. The van der Waals surface area contributed by atoms with Gasteiger partial charge in [0.05, 0.1) is 20.4 Å². The summed E-state index contributed by atoms with van der Waals surface area (Å²) in [6.45, 7) is 1.46. The van der Waals surface area contributed by atoms with Gasteiger partial charge in [-0.3, -0.25) is 9.59 Å². The number of hydrogen-bond donors (Lipinski definition) is 2. The van der Waals surface area contributed by atoms with Crippen molar-refractivity contribution in [2.45, 2.75) is 6.92 Å². The molecule has 0 spiro atoms. The third kappa shape index (κ3) is 2.54. The van der Waals surface area contributed by atoms with Gasteiger partial charge in [0.1, 0.15) is 0 Å². The highest BCUT2D eigenvalue weighted by Gasteiger charge is 2.10. The summed E-state index contributed by atoms with van der Waals surface area (Å²) in [6, 6.07) is 11.8. The molecule has 2 aromatic heterocycles. The van der Waals surface area contributed by atoms with E-state index in [1.54, 1.807) is 0 Å². The van der Waals surface area contributed by atoms with Crippen molar-refractivity contribution in [2.75, 3.05) is 5.32 Å². The Morgan fingerprint density at radius 1 is 1.17 bits per heavy atom. The molecule has 2 N–H and O–H groups in total. The normalized spacial score (nSPS) is 11.2.